The smallest absolute Gasteiger partial charge is 0.326 e. The van der Waals surface area contributed by atoms with Crippen LogP contribution in [0.1, 0.15) is 52.6 Å². The topological polar surface area (TPSA) is 209 Å². The molecule has 8 N–H and O–H groups in total. The van der Waals surface area contributed by atoms with Crippen molar-refractivity contribution in [3.8, 4) is 22.3 Å². The third kappa shape index (κ3) is 12.2. The average Bonchev–Trinajstić information content (AvgIpc) is 3.31. The minimum absolute atomic E-state index is 0.0794. The van der Waals surface area contributed by atoms with Gasteiger partial charge >= 0.3 is 5.97 Å². The van der Waals surface area contributed by atoms with Gasteiger partial charge in [0.25, 0.3) is 11.8 Å². The van der Waals surface area contributed by atoms with Crippen LogP contribution in [0.15, 0.2) is 158 Å². The first-order chi connectivity index (χ1) is 31.3. The lowest BCUT2D eigenvalue weighted by atomic mass is 9.93. The lowest BCUT2D eigenvalue weighted by Gasteiger charge is -2.24. The summed E-state index contributed by atoms with van der Waals surface area (Å²) in [4.78, 5) is 81.5. The van der Waals surface area contributed by atoms with Crippen molar-refractivity contribution in [1.82, 2.24) is 16.0 Å². The third-order valence-corrected chi connectivity index (χ3v) is 10.7. The molecule has 0 spiro atoms. The summed E-state index contributed by atoms with van der Waals surface area (Å²) in [5.41, 5.74) is 10.7. The second-order valence-corrected chi connectivity index (χ2v) is 15.9. The van der Waals surface area contributed by atoms with Crippen LogP contribution in [0.5, 0.6) is 0 Å². The molecule has 65 heavy (non-hydrogen) atoms. The number of nitrogens with two attached hydrogens (primary N) is 1. The number of para-hydroxylation sites is 2. The molecule has 0 unspecified atom stereocenters. The number of carboxylic acid groups (broad SMARTS) is 1. The number of nitrogens with one attached hydrogen (secondary N) is 5. The van der Waals surface area contributed by atoms with Gasteiger partial charge in [0.05, 0.1) is 6.04 Å². The Morgan fingerprint density at radius 3 is 1.25 bits per heavy atom. The highest BCUT2D eigenvalue weighted by Gasteiger charge is 2.30. The highest BCUT2D eigenvalue weighted by atomic mass is 16.4. The van der Waals surface area contributed by atoms with Gasteiger partial charge in [-0.15, -0.1) is 0 Å². The van der Waals surface area contributed by atoms with E-state index in [-0.39, 0.29) is 29.9 Å². The predicted octanol–water partition coefficient (Wildman–Crippen LogP) is 6.85. The minimum Gasteiger partial charge on any atom is -0.480 e. The Labute approximate surface area is 377 Å². The number of hydrogen-bond acceptors (Lipinski definition) is 7. The molecule has 6 rings (SSSR count). The SMILES string of the molecule is CC(C)[C@H](NC(=O)[C@H](Cc1ccccc1)NC(=O)c1ccccc1-c1ccccc1C(=O)N[C@@H](Cc1ccccc1)C(=O)Nc1ccccc1-c1ccccc1NC(=O)[C@H](C)N)C(=O)O. The maximum absolute atomic E-state index is 14.5. The number of carbonyl (C=O) groups excluding carboxylic acids is 5. The molecule has 332 valence electrons. The van der Waals surface area contributed by atoms with Crippen LogP contribution < -0.4 is 32.3 Å². The number of anilines is 2. The second kappa shape index (κ2) is 21.9. The van der Waals surface area contributed by atoms with Gasteiger partial charge in [0.2, 0.25) is 17.7 Å². The molecule has 0 radical (unpaired) electrons. The van der Waals surface area contributed by atoms with Crippen LogP contribution >= 0.6 is 0 Å². The normalized spacial score (nSPS) is 12.8. The molecule has 6 aromatic carbocycles. The highest BCUT2D eigenvalue weighted by Crippen LogP contribution is 2.34. The van der Waals surface area contributed by atoms with Gasteiger partial charge in [-0.3, -0.25) is 24.0 Å². The molecular weight excluding hydrogens is 821 g/mol. The Bertz CT molecular complexity index is 2650. The molecule has 0 bridgehead atoms. The van der Waals surface area contributed by atoms with E-state index in [0.717, 1.165) is 11.1 Å². The van der Waals surface area contributed by atoms with Crippen LogP contribution in [0, 0.1) is 5.92 Å². The van der Waals surface area contributed by atoms with Crippen molar-refractivity contribution in [1.29, 1.82) is 0 Å². The van der Waals surface area contributed by atoms with Gasteiger partial charge in [0.1, 0.15) is 18.1 Å². The first kappa shape index (κ1) is 46.6. The van der Waals surface area contributed by atoms with Crippen molar-refractivity contribution in [2.24, 2.45) is 11.7 Å². The summed E-state index contributed by atoms with van der Waals surface area (Å²) in [6, 6.07) is 41.8. The van der Waals surface area contributed by atoms with Gasteiger partial charge in [-0.2, -0.15) is 0 Å². The molecule has 4 atom stereocenters. The van der Waals surface area contributed by atoms with Gasteiger partial charge in [0.15, 0.2) is 0 Å². The number of hydrogen-bond donors (Lipinski definition) is 7. The zero-order valence-corrected chi connectivity index (χ0v) is 36.3. The van der Waals surface area contributed by atoms with E-state index < -0.39 is 59.7 Å². The Balaban J connectivity index is 1.29. The van der Waals surface area contributed by atoms with Crippen LogP contribution in [0.3, 0.4) is 0 Å². The monoisotopic (exact) mass is 872 g/mol. The van der Waals surface area contributed by atoms with Gasteiger partial charge in [0, 0.05) is 46.5 Å². The summed E-state index contributed by atoms with van der Waals surface area (Å²) >= 11 is 0. The van der Waals surface area contributed by atoms with Crippen molar-refractivity contribution >= 4 is 46.9 Å². The lowest BCUT2D eigenvalue weighted by Crippen LogP contribution is -2.54. The van der Waals surface area contributed by atoms with Crippen molar-refractivity contribution in [3.05, 3.63) is 180 Å². The van der Waals surface area contributed by atoms with E-state index in [1.807, 2.05) is 60.7 Å². The molecule has 0 saturated carbocycles. The number of rotatable bonds is 18. The molecule has 0 aliphatic carbocycles. The van der Waals surface area contributed by atoms with E-state index in [9.17, 15) is 33.9 Å². The molecule has 0 aliphatic rings. The van der Waals surface area contributed by atoms with Crippen molar-refractivity contribution in [2.75, 3.05) is 10.6 Å². The molecule has 13 heteroatoms. The first-order valence-corrected chi connectivity index (χ1v) is 21.3. The number of benzene rings is 6. The van der Waals surface area contributed by atoms with E-state index in [4.69, 9.17) is 5.73 Å². The maximum atomic E-state index is 14.5. The van der Waals surface area contributed by atoms with Gasteiger partial charge in [-0.25, -0.2) is 4.79 Å². The van der Waals surface area contributed by atoms with Crippen molar-refractivity contribution < 1.29 is 33.9 Å². The lowest BCUT2D eigenvalue weighted by molar-refractivity contribution is -0.143. The van der Waals surface area contributed by atoms with Crippen molar-refractivity contribution in [2.45, 2.75) is 57.8 Å². The number of carbonyl (C=O) groups is 6. The molecule has 6 aromatic rings. The molecular formula is C52H52N6O7. The van der Waals surface area contributed by atoms with E-state index in [2.05, 4.69) is 26.6 Å². The fraction of sp³-hybridized carbons (Fsp3) is 0.192. The van der Waals surface area contributed by atoms with Crippen LogP contribution in [0.25, 0.3) is 22.3 Å². The summed E-state index contributed by atoms with van der Waals surface area (Å²) < 4.78 is 0. The number of amides is 5. The molecule has 5 amide bonds. The Kier molecular flexibility index (Phi) is 15.7. The largest absolute Gasteiger partial charge is 0.480 e. The maximum Gasteiger partial charge on any atom is 0.326 e. The zero-order chi connectivity index (χ0) is 46.5. The Morgan fingerprint density at radius 2 is 0.831 bits per heavy atom. The van der Waals surface area contributed by atoms with Crippen LogP contribution in [0.4, 0.5) is 11.4 Å². The van der Waals surface area contributed by atoms with E-state index in [0.29, 0.717) is 33.6 Å². The minimum atomic E-state index is -1.20. The quantitative estimate of drug-likeness (QED) is 0.0485. The molecule has 0 heterocycles. The molecule has 0 fully saturated rings. The van der Waals surface area contributed by atoms with Gasteiger partial charge in [-0.05, 0) is 59.4 Å². The van der Waals surface area contributed by atoms with Crippen molar-refractivity contribution in [3.63, 3.8) is 0 Å². The number of carboxylic acids is 1. The Morgan fingerprint density at radius 1 is 0.462 bits per heavy atom. The summed E-state index contributed by atoms with van der Waals surface area (Å²) in [6.45, 7) is 4.94. The van der Waals surface area contributed by atoms with E-state index in [1.54, 1.807) is 118 Å². The predicted molar refractivity (Wildman–Crippen MR) is 252 cm³/mol. The van der Waals surface area contributed by atoms with E-state index in [1.165, 1.54) is 0 Å². The molecule has 0 aliphatic heterocycles. The molecule has 0 aromatic heterocycles. The zero-order valence-electron chi connectivity index (χ0n) is 36.3. The summed E-state index contributed by atoms with van der Waals surface area (Å²) in [5.74, 6) is -4.37. The average molecular weight is 873 g/mol. The third-order valence-electron chi connectivity index (χ3n) is 10.7. The Hall–Kier alpha value is -7.90. The summed E-state index contributed by atoms with van der Waals surface area (Å²) in [6.07, 6.45) is 0.211. The van der Waals surface area contributed by atoms with Gasteiger partial charge in [-0.1, -0.05) is 147 Å². The van der Waals surface area contributed by atoms with E-state index >= 15 is 0 Å². The summed E-state index contributed by atoms with van der Waals surface area (Å²) in [7, 11) is 0. The van der Waals surface area contributed by atoms with Gasteiger partial charge < -0.3 is 37.4 Å². The van der Waals surface area contributed by atoms with Crippen LogP contribution in [0.2, 0.25) is 0 Å². The fourth-order valence-corrected chi connectivity index (χ4v) is 7.31. The first-order valence-electron chi connectivity index (χ1n) is 21.3. The number of aliphatic carboxylic acids is 1. The fourth-order valence-electron chi connectivity index (χ4n) is 7.31. The van der Waals surface area contributed by atoms with Crippen LogP contribution in [-0.2, 0) is 32.0 Å². The second-order valence-electron chi connectivity index (χ2n) is 15.9. The highest BCUT2D eigenvalue weighted by molar-refractivity contribution is 6.09. The van der Waals surface area contributed by atoms with Crippen LogP contribution in [-0.4, -0.2) is 64.8 Å². The molecule has 13 nitrogen and oxygen atoms in total. The standard InChI is InChI=1S/C52H52N6O7/c1-32(2)46(52(64)65)58-51(63)45(31-35-20-8-5-9-21-35)57-49(61)41-27-13-11-23-37(41)36-22-10-12-26-40(36)48(60)56-44(30-34-18-6-4-7-19-34)50(62)55-43-29-17-15-25-39(43)38-24-14-16-28-42(38)54-47(59)33(3)53/h4-29,32-33,44-46H,30-31,53H2,1-3H3,(H,54,59)(H,55,62)(H,56,60)(H,57,61)(H,58,63)(H,64,65)/t33-,44-,45-,46-/m0/s1. The summed E-state index contributed by atoms with van der Waals surface area (Å²) in [5, 5.41) is 24.1. The molecule has 0 saturated heterocycles.